The molecule has 2 atom stereocenters. The highest BCUT2D eigenvalue weighted by molar-refractivity contribution is 6.01. The van der Waals surface area contributed by atoms with E-state index in [2.05, 4.69) is 12.0 Å². The molecular weight excluding hydrogens is 302 g/mol. The molecule has 1 aromatic carbocycles. The first-order valence-corrected chi connectivity index (χ1v) is 8.52. The predicted molar refractivity (Wildman–Crippen MR) is 93.7 cm³/mol. The summed E-state index contributed by atoms with van der Waals surface area (Å²) in [7, 11) is 1.87. The summed E-state index contributed by atoms with van der Waals surface area (Å²) in [5.74, 6) is 0.322. The van der Waals surface area contributed by atoms with E-state index in [1.165, 1.54) is 0 Å². The van der Waals surface area contributed by atoms with Gasteiger partial charge in [0.1, 0.15) is 0 Å². The van der Waals surface area contributed by atoms with Gasteiger partial charge >= 0.3 is 0 Å². The summed E-state index contributed by atoms with van der Waals surface area (Å²) in [5, 5.41) is 14.0. The maximum atomic E-state index is 13.3. The van der Waals surface area contributed by atoms with Crippen LogP contribution in [0.25, 0.3) is 11.1 Å². The topological polar surface area (TPSA) is 58.4 Å². The number of aliphatic hydroxyl groups excluding tert-OH is 1. The van der Waals surface area contributed by atoms with Gasteiger partial charge in [0.05, 0.1) is 18.8 Å². The quantitative estimate of drug-likeness (QED) is 0.943. The molecule has 0 unspecified atom stereocenters. The fraction of sp³-hybridized carbons (Fsp3) is 0.474. The van der Waals surface area contributed by atoms with E-state index in [-0.39, 0.29) is 18.6 Å². The molecule has 128 valence electrons. The lowest BCUT2D eigenvalue weighted by Crippen LogP contribution is -2.49. The molecule has 1 aliphatic rings. The van der Waals surface area contributed by atoms with Gasteiger partial charge in [-0.05, 0) is 37.3 Å². The second-order valence-corrected chi connectivity index (χ2v) is 6.82. The van der Waals surface area contributed by atoms with E-state index in [4.69, 9.17) is 0 Å². The van der Waals surface area contributed by atoms with Crippen LogP contribution in [0.15, 0.2) is 30.6 Å². The highest BCUT2D eigenvalue weighted by Crippen LogP contribution is 2.29. The van der Waals surface area contributed by atoms with Gasteiger partial charge in [-0.25, -0.2) is 0 Å². The van der Waals surface area contributed by atoms with Crippen molar-refractivity contribution >= 4 is 5.91 Å². The molecule has 1 aromatic heterocycles. The number of aliphatic hydroxyl groups is 1. The van der Waals surface area contributed by atoms with Crippen molar-refractivity contribution in [1.29, 1.82) is 0 Å². The molecule has 2 heterocycles. The molecule has 5 heteroatoms. The second kappa shape index (κ2) is 6.77. The van der Waals surface area contributed by atoms with Crippen molar-refractivity contribution in [3.63, 3.8) is 0 Å². The number of hydrogen-bond acceptors (Lipinski definition) is 3. The molecule has 24 heavy (non-hydrogen) atoms. The summed E-state index contributed by atoms with van der Waals surface area (Å²) >= 11 is 0. The zero-order chi connectivity index (χ0) is 17.3. The van der Waals surface area contributed by atoms with Crippen LogP contribution in [0.4, 0.5) is 0 Å². The minimum absolute atomic E-state index is 0.00292. The third-order valence-electron chi connectivity index (χ3n) is 4.98. The van der Waals surface area contributed by atoms with Gasteiger partial charge in [0, 0.05) is 30.9 Å². The standard InChI is InChI=1S/C19H25N3O2/c1-13-6-7-16(15-10-20-21(3)11-15)17(9-13)19(24)22-8-4-5-14(2)18(22)12-23/h6-7,9-11,14,18,23H,4-5,8,12H2,1-3H3/t14-,18-/m1/s1. The van der Waals surface area contributed by atoms with E-state index in [1.807, 2.05) is 43.3 Å². The molecule has 0 bridgehead atoms. The van der Waals surface area contributed by atoms with Gasteiger partial charge in [-0.1, -0.05) is 24.6 Å². The zero-order valence-corrected chi connectivity index (χ0v) is 14.6. The molecule has 0 saturated carbocycles. The summed E-state index contributed by atoms with van der Waals surface area (Å²) in [6, 6.07) is 5.84. The van der Waals surface area contributed by atoms with Crippen LogP contribution in [0.2, 0.25) is 0 Å². The van der Waals surface area contributed by atoms with Gasteiger partial charge in [-0.2, -0.15) is 5.10 Å². The fourth-order valence-electron chi connectivity index (χ4n) is 3.58. The number of piperidine rings is 1. The number of amides is 1. The van der Waals surface area contributed by atoms with Crippen molar-refractivity contribution < 1.29 is 9.90 Å². The number of carbonyl (C=O) groups excluding carboxylic acids is 1. The van der Waals surface area contributed by atoms with Gasteiger partial charge in [0.25, 0.3) is 5.91 Å². The Morgan fingerprint density at radius 1 is 1.42 bits per heavy atom. The van der Waals surface area contributed by atoms with Crippen molar-refractivity contribution in [2.75, 3.05) is 13.2 Å². The Balaban J connectivity index is 2.01. The lowest BCUT2D eigenvalue weighted by molar-refractivity contribution is 0.0359. The van der Waals surface area contributed by atoms with Crippen LogP contribution in [0.3, 0.4) is 0 Å². The van der Waals surface area contributed by atoms with Crippen molar-refractivity contribution in [3.8, 4) is 11.1 Å². The Kier molecular flexibility index (Phi) is 4.71. The molecule has 1 fully saturated rings. The highest BCUT2D eigenvalue weighted by Gasteiger charge is 2.32. The number of likely N-dealkylation sites (tertiary alicyclic amines) is 1. The van der Waals surface area contributed by atoms with Crippen molar-refractivity contribution in [1.82, 2.24) is 14.7 Å². The van der Waals surface area contributed by atoms with Crippen LogP contribution in [-0.4, -0.2) is 44.9 Å². The Labute approximate surface area is 142 Å². The van der Waals surface area contributed by atoms with Gasteiger partial charge in [0.15, 0.2) is 0 Å². The summed E-state index contributed by atoms with van der Waals surface area (Å²) < 4.78 is 1.74. The van der Waals surface area contributed by atoms with E-state index in [0.29, 0.717) is 18.0 Å². The van der Waals surface area contributed by atoms with E-state index in [0.717, 1.165) is 29.5 Å². The monoisotopic (exact) mass is 327 g/mol. The molecule has 0 radical (unpaired) electrons. The zero-order valence-electron chi connectivity index (χ0n) is 14.6. The van der Waals surface area contributed by atoms with Crippen LogP contribution < -0.4 is 0 Å². The first-order chi connectivity index (χ1) is 11.5. The molecule has 0 spiro atoms. The second-order valence-electron chi connectivity index (χ2n) is 6.82. The first kappa shape index (κ1) is 16.7. The Morgan fingerprint density at radius 3 is 2.88 bits per heavy atom. The number of rotatable bonds is 3. The molecule has 1 aliphatic heterocycles. The van der Waals surface area contributed by atoms with Crippen LogP contribution in [-0.2, 0) is 7.05 Å². The molecule has 0 aliphatic carbocycles. The number of nitrogens with zero attached hydrogens (tertiary/aromatic N) is 3. The summed E-state index contributed by atoms with van der Waals surface area (Å²) in [6.45, 7) is 4.82. The van der Waals surface area contributed by atoms with E-state index < -0.39 is 0 Å². The minimum atomic E-state index is -0.103. The normalized spacial score (nSPS) is 21.1. The number of aryl methyl sites for hydroxylation is 2. The van der Waals surface area contributed by atoms with Gasteiger partial charge in [-0.3, -0.25) is 9.48 Å². The van der Waals surface area contributed by atoms with E-state index >= 15 is 0 Å². The third-order valence-corrected chi connectivity index (χ3v) is 4.98. The third kappa shape index (κ3) is 3.08. The molecule has 5 nitrogen and oxygen atoms in total. The fourth-order valence-corrected chi connectivity index (χ4v) is 3.58. The predicted octanol–water partition coefficient (Wildman–Crippen LogP) is 2.63. The smallest absolute Gasteiger partial charge is 0.254 e. The molecule has 1 saturated heterocycles. The summed E-state index contributed by atoms with van der Waals surface area (Å²) in [5.41, 5.74) is 3.58. The van der Waals surface area contributed by atoms with E-state index in [1.54, 1.807) is 10.9 Å². The van der Waals surface area contributed by atoms with Gasteiger partial charge in [-0.15, -0.1) is 0 Å². The maximum Gasteiger partial charge on any atom is 0.254 e. The van der Waals surface area contributed by atoms with E-state index in [9.17, 15) is 9.90 Å². The van der Waals surface area contributed by atoms with Crippen LogP contribution in [0, 0.1) is 12.8 Å². The average Bonchev–Trinajstić information content (AvgIpc) is 3.00. The summed E-state index contributed by atoms with van der Waals surface area (Å²) in [6.07, 6.45) is 5.74. The first-order valence-electron chi connectivity index (χ1n) is 8.52. The largest absolute Gasteiger partial charge is 0.394 e. The lowest BCUT2D eigenvalue weighted by atomic mass is 9.90. The van der Waals surface area contributed by atoms with Crippen LogP contribution >= 0.6 is 0 Å². The average molecular weight is 327 g/mol. The molecular formula is C19H25N3O2. The molecule has 1 amide bonds. The Hall–Kier alpha value is -2.14. The maximum absolute atomic E-state index is 13.3. The Bertz CT molecular complexity index is 738. The highest BCUT2D eigenvalue weighted by atomic mass is 16.3. The van der Waals surface area contributed by atoms with Crippen molar-refractivity contribution in [2.45, 2.75) is 32.7 Å². The number of aromatic nitrogens is 2. The SMILES string of the molecule is Cc1ccc(-c2cnn(C)c2)c(C(=O)N2CCC[C@@H](C)[C@H]2CO)c1. The number of hydrogen-bond donors (Lipinski definition) is 1. The van der Waals surface area contributed by atoms with Crippen molar-refractivity contribution in [2.24, 2.45) is 13.0 Å². The van der Waals surface area contributed by atoms with Crippen molar-refractivity contribution in [3.05, 3.63) is 41.7 Å². The van der Waals surface area contributed by atoms with Gasteiger partial charge < -0.3 is 10.0 Å². The van der Waals surface area contributed by atoms with Crippen LogP contribution in [0.5, 0.6) is 0 Å². The molecule has 2 aromatic rings. The minimum Gasteiger partial charge on any atom is -0.394 e. The Morgan fingerprint density at radius 2 is 2.21 bits per heavy atom. The number of carbonyl (C=O) groups is 1. The lowest BCUT2D eigenvalue weighted by Gasteiger charge is -2.39. The summed E-state index contributed by atoms with van der Waals surface area (Å²) in [4.78, 5) is 15.1. The van der Waals surface area contributed by atoms with Gasteiger partial charge in [0.2, 0.25) is 0 Å². The van der Waals surface area contributed by atoms with Crippen LogP contribution in [0.1, 0.15) is 35.7 Å². The molecule has 3 rings (SSSR count). The number of benzene rings is 1. The molecule has 1 N–H and O–H groups in total.